The molecule has 2 atom stereocenters. The first kappa shape index (κ1) is 12.2. The van der Waals surface area contributed by atoms with E-state index in [1.54, 1.807) is 6.92 Å². The molecule has 15 heavy (non-hydrogen) atoms. The second-order valence-electron chi connectivity index (χ2n) is 4.05. The van der Waals surface area contributed by atoms with Gasteiger partial charge in [0.05, 0.1) is 7.11 Å². The maximum absolute atomic E-state index is 11.6. The predicted octanol–water partition coefficient (Wildman–Crippen LogP) is 0.897. The molecule has 0 aromatic carbocycles. The summed E-state index contributed by atoms with van der Waals surface area (Å²) in [5.41, 5.74) is 0. The van der Waals surface area contributed by atoms with E-state index in [9.17, 15) is 9.59 Å². The molecule has 0 aromatic heterocycles. The minimum atomic E-state index is -0.728. The third-order valence-electron chi connectivity index (χ3n) is 3.00. The van der Waals surface area contributed by atoms with E-state index < -0.39 is 11.8 Å². The molecule has 0 aliphatic carbocycles. The standard InChI is InChI=1S/C11H19NO3/c1-8(10(13)11(14)15-2)9-6-4-3-5-7-12-9/h8-9,12H,3-7H2,1-2H3. The molecule has 0 radical (unpaired) electrons. The van der Waals surface area contributed by atoms with Crippen molar-refractivity contribution in [2.75, 3.05) is 13.7 Å². The van der Waals surface area contributed by atoms with Crippen LogP contribution in [0.15, 0.2) is 0 Å². The number of nitrogens with one attached hydrogen (secondary N) is 1. The van der Waals surface area contributed by atoms with Gasteiger partial charge < -0.3 is 10.1 Å². The molecule has 1 rings (SSSR count). The Balaban J connectivity index is 2.53. The van der Waals surface area contributed by atoms with Gasteiger partial charge in [-0.05, 0) is 19.4 Å². The molecule has 0 aromatic rings. The lowest BCUT2D eigenvalue weighted by Gasteiger charge is -2.21. The normalized spacial score (nSPS) is 24.0. The number of carbonyl (C=O) groups excluding carboxylic acids is 2. The van der Waals surface area contributed by atoms with Gasteiger partial charge in [-0.1, -0.05) is 19.8 Å². The van der Waals surface area contributed by atoms with Crippen molar-refractivity contribution in [2.45, 2.75) is 38.6 Å². The molecule has 1 aliphatic rings. The van der Waals surface area contributed by atoms with E-state index in [4.69, 9.17) is 0 Å². The molecular formula is C11H19NO3. The van der Waals surface area contributed by atoms with E-state index in [1.165, 1.54) is 13.5 Å². The van der Waals surface area contributed by atoms with Crippen molar-refractivity contribution < 1.29 is 14.3 Å². The summed E-state index contributed by atoms with van der Waals surface area (Å²) in [5.74, 6) is -1.43. The number of rotatable bonds is 3. The summed E-state index contributed by atoms with van der Waals surface area (Å²) in [6, 6.07) is 0.124. The SMILES string of the molecule is COC(=O)C(=O)C(C)C1CCCCCN1. The fraction of sp³-hybridized carbons (Fsp3) is 0.818. The monoisotopic (exact) mass is 213 g/mol. The average molecular weight is 213 g/mol. The molecular weight excluding hydrogens is 194 g/mol. The molecule has 1 aliphatic heterocycles. The van der Waals surface area contributed by atoms with Gasteiger partial charge >= 0.3 is 5.97 Å². The number of ether oxygens (including phenoxy) is 1. The number of ketones is 1. The lowest BCUT2D eigenvalue weighted by atomic mass is 9.93. The van der Waals surface area contributed by atoms with Gasteiger partial charge in [-0.2, -0.15) is 0 Å². The summed E-state index contributed by atoms with van der Waals surface area (Å²) in [7, 11) is 1.24. The van der Waals surface area contributed by atoms with Crippen molar-refractivity contribution in [3.8, 4) is 0 Å². The maximum atomic E-state index is 11.6. The van der Waals surface area contributed by atoms with Gasteiger partial charge in [-0.3, -0.25) is 4.79 Å². The molecule has 1 N–H and O–H groups in total. The Morgan fingerprint density at radius 1 is 1.33 bits per heavy atom. The van der Waals surface area contributed by atoms with Crippen LogP contribution in [0.4, 0.5) is 0 Å². The Bertz CT molecular complexity index is 232. The van der Waals surface area contributed by atoms with Crippen LogP contribution in [-0.4, -0.2) is 31.4 Å². The summed E-state index contributed by atoms with van der Waals surface area (Å²) in [4.78, 5) is 22.7. The molecule has 4 heteroatoms. The van der Waals surface area contributed by atoms with Crippen LogP contribution in [0.1, 0.15) is 32.6 Å². The maximum Gasteiger partial charge on any atom is 0.374 e. The fourth-order valence-corrected chi connectivity index (χ4v) is 1.95. The third-order valence-corrected chi connectivity index (χ3v) is 3.00. The van der Waals surface area contributed by atoms with Crippen molar-refractivity contribution in [2.24, 2.45) is 5.92 Å². The number of methoxy groups -OCH3 is 1. The second kappa shape index (κ2) is 5.85. The molecule has 1 fully saturated rings. The Morgan fingerprint density at radius 3 is 2.73 bits per heavy atom. The zero-order chi connectivity index (χ0) is 11.3. The molecule has 0 amide bonds. The minimum absolute atomic E-state index is 0.124. The van der Waals surface area contributed by atoms with Gasteiger partial charge in [-0.15, -0.1) is 0 Å². The Hall–Kier alpha value is -0.900. The zero-order valence-electron chi connectivity index (χ0n) is 9.41. The summed E-state index contributed by atoms with van der Waals surface area (Å²) < 4.78 is 4.44. The number of esters is 1. The van der Waals surface area contributed by atoms with Crippen LogP contribution in [0.5, 0.6) is 0 Å². The zero-order valence-corrected chi connectivity index (χ0v) is 9.41. The molecule has 2 unspecified atom stereocenters. The number of hydrogen-bond donors (Lipinski definition) is 1. The highest BCUT2D eigenvalue weighted by atomic mass is 16.5. The first-order chi connectivity index (χ1) is 7.16. The number of carbonyl (C=O) groups is 2. The summed E-state index contributed by atoms with van der Waals surface area (Å²) in [5, 5.41) is 3.31. The average Bonchev–Trinajstić information content (AvgIpc) is 2.54. The number of Topliss-reactive ketones (excluding diaryl/α,β-unsaturated/α-hetero) is 1. The van der Waals surface area contributed by atoms with Crippen molar-refractivity contribution >= 4 is 11.8 Å². The van der Waals surface area contributed by atoms with E-state index in [2.05, 4.69) is 10.1 Å². The third kappa shape index (κ3) is 3.30. The van der Waals surface area contributed by atoms with Gasteiger partial charge in [0.2, 0.25) is 5.78 Å². The molecule has 0 saturated carbocycles. The Labute approximate surface area is 90.4 Å². The lowest BCUT2D eigenvalue weighted by molar-refractivity contribution is -0.153. The van der Waals surface area contributed by atoms with Crippen LogP contribution in [0, 0.1) is 5.92 Å². The van der Waals surface area contributed by atoms with Gasteiger partial charge in [-0.25, -0.2) is 4.79 Å². The van der Waals surface area contributed by atoms with Crippen molar-refractivity contribution in [1.82, 2.24) is 5.32 Å². The van der Waals surface area contributed by atoms with Crippen LogP contribution < -0.4 is 5.32 Å². The highest BCUT2D eigenvalue weighted by Gasteiger charge is 2.29. The van der Waals surface area contributed by atoms with E-state index >= 15 is 0 Å². The van der Waals surface area contributed by atoms with Crippen LogP contribution >= 0.6 is 0 Å². The highest BCUT2D eigenvalue weighted by Crippen LogP contribution is 2.16. The van der Waals surface area contributed by atoms with Gasteiger partial charge in [0.25, 0.3) is 0 Å². The Morgan fingerprint density at radius 2 is 2.07 bits per heavy atom. The molecule has 1 saturated heterocycles. The van der Waals surface area contributed by atoms with Crippen LogP contribution in [-0.2, 0) is 14.3 Å². The van der Waals surface area contributed by atoms with Gasteiger partial charge in [0, 0.05) is 12.0 Å². The minimum Gasteiger partial charge on any atom is -0.463 e. The van der Waals surface area contributed by atoms with Crippen molar-refractivity contribution in [1.29, 1.82) is 0 Å². The molecule has 0 bridgehead atoms. The summed E-state index contributed by atoms with van der Waals surface area (Å²) in [6.45, 7) is 2.73. The molecule has 0 spiro atoms. The fourth-order valence-electron chi connectivity index (χ4n) is 1.95. The topological polar surface area (TPSA) is 55.4 Å². The Kier molecular flexibility index (Phi) is 4.75. The van der Waals surface area contributed by atoms with Gasteiger partial charge in [0.1, 0.15) is 0 Å². The van der Waals surface area contributed by atoms with Crippen molar-refractivity contribution in [3.05, 3.63) is 0 Å². The number of hydrogen-bond acceptors (Lipinski definition) is 4. The predicted molar refractivity (Wildman–Crippen MR) is 56.4 cm³/mol. The molecule has 4 nitrogen and oxygen atoms in total. The second-order valence-corrected chi connectivity index (χ2v) is 4.05. The molecule has 86 valence electrons. The molecule has 1 heterocycles. The van der Waals surface area contributed by atoms with Crippen LogP contribution in [0.3, 0.4) is 0 Å². The lowest BCUT2D eigenvalue weighted by Crippen LogP contribution is -2.40. The van der Waals surface area contributed by atoms with Gasteiger partial charge in [0.15, 0.2) is 0 Å². The van der Waals surface area contributed by atoms with E-state index in [0.29, 0.717) is 0 Å². The summed E-state index contributed by atoms with van der Waals surface area (Å²) in [6.07, 6.45) is 4.43. The van der Waals surface area contributed by atoms with Crippen molar-refractivity contribution in [3.63, 3.8) is 0 Å². The summed E-state index contributed by atoms with van der Waals surface area (Å²) >= 11 is 0. The largest absolute Gasteiger partial charge is 0.463 e. The first-order valence-corrected chi connectivity index (χ1v) is 5.52. The van der Waals surface area contributed by atoms with Crippen LogP contribution in [0.25, 0.3) is 0 Å². The quantitative estimate of drug-likeness (QED) is 0.559. The highest BCUT2D eigenvalue weighted by molar-refractivity contribution is 6.34. The van der Waals surface area contributed by atoms with E-state index in [1.807, 2.05) is 0 Å². The van der Waals surface area contributed by atoms with E-state index in [0.717, 1.165) is 25.8 Å². The van der Waals surface area contributed by atoms with Crippen LogP contribution in [0.2, 0.25) is 0 Å². The first-order valence-electron chi connectivity index (χ1n) is 5.52. The smallest absolute Gasteiger partial charge is 0.374 e. The van der Waals surface area contributed by atoms with E-state index in [-0.39, 0.29) is 12.0 Å².